The predicted molar refractivity (Wildman–Crippen MR) is 133 cm³/mol. The second-order valence-corrected chi connectivity index (χ2v) is 10.6. The molecule has 1 aromatic heterocycles. The summed E-state index contributed by atoms with van der Waals surface area (Å²) in [5.41, 5.74) is 3.24. The summed E-state index contributed by atoms with van der Waals surface area (Å²) in [4.78, 5) is 15.1. The van der Waals surface area contributed by atoms with Crippen LogP contribution in [0.15, 0.2) is 71.9 Å². The fourth-order valence-electron chi connectivity index (χ4n) is 4.09. The normalized spacial score (nSPS) is 16.3. The number of hydrogen-bond donors (Lipinski definition) is 3. The Balaban J connectivity index is 1.34. The molecule has 1 aliphatic heterocycles. The molecule has 2 atom stereocenters. The zero-order valence-corrected chi connectivity index (χ0v) is 20.9. The molecule has 0 radical (unpaired) electrons. The lowest BCUT2D eigenvalue weighted by molar-refractivity contribution is -0.152. The van der Waals surface area contributed by atoms with Crippen molar-refractivity contribution < 1.29 is 36.2 Å². The lowest BCUT2D eigenvalue weighted by atomic mass is 9.97. The zero-order valence-electron chi connectivity index (χ0n) is 20.1. The molecule has 3 aromatic rings. The van der Waals surface area contributed by atoms with Gasteiger partial charge in [0.05, 0.1) is 11.0 Å². The van der Waals surface area contributed by atoms with Crippen LogP contribution in [0.1, 0.15) is 30.1 Å². The van der Waals surface area contributed by atoms with Gasteiger partial charge in [-0.2, -0.15) is 13.2 Å². The summed E-state index contributed by atoms with van der Waals surface area (Å²) in [5.74, 6) is -0.902. The quantitative estimate of drug-likeness (QED) is 0.374. The number of aliphatic hydroxyl groups is 1. The third-order valence-electron chi connectivity index (χ3n) is 5.98. The van der Waals surface area contributed by atoms with Crippen molar-refractivity contribution in [1.82, 2.24) is 15.0 Å². The third-order valence-corrected chi connectivity index (χ3v) is 7.36. The molecule has 0 saturated carbocycles. The van der Waals surface area contributed by atoms with Crippen molar-refractivity contribution in [3.05, 3.63) is 78.1 Å². The number of aryl methyl sites for hydroxylation is 1. The molecule has 1 aliphatic rings. The molecule has 1 amide bonds. The van der Waals surface area contributed by atoms with Crippen LogP contribution in [0.2, 0.25) is 0 Å². The molecule has 0 unspecified atom stereocenters. The van der Waals surface area contributed by atoms with Crippen molar-refractivity contribution in [1.29, 1.82) is 0 Å². The first kappa shape index (κ1) is 27.6. The predicted octanol–water partition coefficient (Wildman–Crippen LogP) is 3.52. The number of carbonyl (C=O) groups excluding carboxylic acids is 1. The molecule has 0 fully saturated rings. The van der Waals surface area contributed by atoms with Gasteiger partial charge in [-0.3, -0.25) is 9.78 Å². The fraction of sp³-hybridized carbons (Fsp3) is 0.308. The molecule has 38 heavy (non-hydrogen) atoms. The zero-order chi connectivity index (χ0) is 27.3. The van der Waals surface area contributed by atoms with E-state index < -0.39 is 34.6 Å². The van der Waals surface area contributed by atoms with Gasteiger partial charge in [0, 0.05) is 31.0 Å². The Morgan fingerprint density at radius 1 is 1.13 bits per heavy atom. The summed E-state index contributed by atoms with van der Waals surface area (Å²) < 4.78 is 69.0. The molecule has 2 aromatic carbocycles. The van der Waals surface area contributed by atoms with E-state index >= 15 is 0 Å². The van der Waals surface area contributed by atoms with Gasteiger partial charge < -0.3 is 15.2 Å². The Morgan fingerprint density at radius 2 is 1.87 bits per heavy atom. The van der Waals surface area contributed by atoms with Gasteiger partial charge >= 0.3 is 6.18 Å². The van der Waals surface area contributed by atoms with E-state index in [-0.39, 0.29) is 11.0 Å². The number of fused-ring (bicyclic) bond motifs is 1. The van der Waals surface area contributed by atoms with E-state index in [1.807, 2.05) is 24.3 Å². The standard InChI is InChI=1S/C26H26F3N3O5S/c27-26(28,29)13-25(34)32-38(35,36)22-8-4-17(5-9-22)18-6-10-24-19(12-18)3-7-21(37-24)15-31-16-23(33)20-2-1-11-30-14-20/h1-2,4-6,8-12,14,21,23,31,33H,3,7,13,15-16H2,(H,32,34)/t21-,23+/m1/s1. The molecule has 0 spiro atoms. The summed E-state index contributed by atoms with van der Waals surface area (Å²) >= 11 is 0. The summed E-state index contributed by atoms with van der Waals surface area (Å²) in [5, 5.41) is 13.5. The summed E-state index contributed by atoms with van der Waals surface area (Å²) in [7, 11) is -4.42. The molecule has 0 aliphatic carbocycles. The monoisotopic (exact) mass is 549 g/mol. The molecular weight excluding hydrogens is 523 g/mol. The van der Waals surface area contributed by atoms with Gasteiger partial charge in [0.25, 0.3) is 10.0 Å². The van der Waals surface area contributed by atoms with Crippen LogP contribution < -0.4 is 14.8 Å². The minimum absolute atomic E-state index is 0.0634. The molecular formula is C26H26F3N3O5S. The van der Waals surface area contributed by atoms with Crippen molar-refractivity contribution >= 4 is 15.9 Å². The topological polar surface area (TPSA) is 118 Å². The number of sulfonamides is 1. The van der Waals surface area contributed by atoms with Crippen molar-refractivity contribution in [2.24, 2.45) is 0 Å². The van der Waals surface area contributed by atoms with Gasteiger partial charge in [0.15, 0.2) is 0 Å². The first-order valence-corrected chi connectivity index (χ1v) is 13.3. The van der Waals surface area contributed by atoms with E-state index in [1.165, 1.54) is 29.0 Å². The Hall–Kier alpha value is -3.48. The minimum Gasteiger partial charge on any atom is -0.489 e. The highest BCUT2D eigenvalue weighted by Gasteiger charge is 2.33. The van der Waals surface area contributed by atoms with Crippen molar-refractivity contribution in [2.75, 3.05) is 13.1 Å². The molecule has 3 N–H and O–H groups in total. The second kappa shape index (κ2) is 11.5. The number of aromatic nitrogens is 1. The van der Waals surface area contributed by atoms with Crippen LogP contribution in [0.5, 0.6) is 5.75 Å². The number of nitrogens with zero attached hydrogens (tertiary/aromatic N) is 1. The molecule has 2 heterocycles. The lowest BCUT2D eigenvalue weighted by Crippen LogP contribution is -2.36. The number of alkyl halides is 3. The van der Waals surface area contributed by atoms with E-state index in [4.69, 9.17) is 4.74 Å². The van der Waals surface area contributed by atoms with Gasteiger partial charge in [-0.15, -0.1) is 0 Å². The van der Waals surface area contributed by atoms with Crippen molar-refractivity contribution in [3.63, 3.8) is 0 Å². The highest BCUT2D eigenvalue weighted by molar-refractivity contribution is 7.90. The first-order chi connectivity index (χ1) is 18.0. The van der Waals surface area contributed by atoms with E-state index in [2.05, 4.69) is 10.3 Å². The molecule has 202 valence electrons. The Kier molecular flexibility index (Phi) is 8.34. The average molecular weight is 550 g/mol. The Morgan fingerprint density at radius 3 is 2.55 bits per heavy atom. The maximum Gasteiger partial charge on any atom is 0.397 e. The van der Waals surface area contributed by atoms with Gasteiger partial charge in [0.1, 0.15) is 18.3 Å². The van der Waals surface area contributed by atoms with E-state index in [0.717, 1.165) is 35.3 Å². The number of carbonyl (C=O) groups is 1. The lowest BCUT2D eigenvalue weighted by Gasteiger charge is -2.27. The number of ether oxygens (including phenoxy) is 1. The van der Waals surface area contributed by atoms with Crippen LogP contribution in [0.3, 0.4) is 0 Å². The number of halogens is 3. The number of nitrogens with one attached hydrogen (secondary N) is 2. The minimum atomic E-state index is -4.81. The van der Waals surface area contributed by atoms with Crippen molar-refractivity contribution in [3.8, 4) is 16.9 Å². The van der Waals surface area contributed by atoms with Crippen LogP contribution in [0, 0.1) is 0 Å². The van der Waals surface area contributed by atoms with Crippen LogP contribution in [-0.4, -0.2) is 49.8 Å². The summed E-state index contributed by atoms with van der Waals surface area (Å²) in [6.45, 7) is 0.934. The van der Waals surface area contributed by atoms with E-state index in [9.17, 15) is 31.5 Å². The van der Waals surface area contributed by atoms with E-state index in [0.29, 0.717) is 18.7 Å². The van der Waals surface area contributed by atoms with Gasteiger partial charge in [-0.25, -0.2) is 13.1 Å². The third kappa shape index (κ3) is 7.30. The number of pyridine rings is 1. The molecule has 4 rings (SSSR count). The molecule has 12 heteroatoms. The van der Waals surface area contributed by atoms with Gasteiger partial charge in [0.2, 0.25) is 5.91 Å². The van der Waals surface area contributed by atoms with Crippen LogP contribution >= 0.6 is 0 Å². The number of amides is 1. The maximum atomic E-state index is 12.3. The molecule has 0 bridgehead atoms. The summed E-state index contributed by atoms with van der Waals surface area (Å²) in [6, 6.07) is 14.7. The van der Waals surface area contributed by atoms with Crippen LogP contribution in [0.25, 0.3) is 11.1 Å². The smallest absolute Gasteiger partial charge is 0.397 e. The molecule has 0 saturated heterocycles. The highest BCUT2D eigenvalue weighted by Crippen LogP contribution is 2.32. The van der Waals surface area contributed by atoms with Crippen LogP contribution in [0.4, 0.5) is 13.2 Å². The fourth-order valence-corrected chi connectivity index (χ4v) is 5.08. The number of benzene rings is 2. The largest absolute Gasteiger partial charge is 0.489 e. The first-order valence-electron chi connectivity index (χ1n) is 11.8. The Labute approximate surface area is 217 Å². The average Bonchev–Trinajstić information content (AvgIpc) is 2.87. The van der Waals surface area contributed by atoms with Crippen LogP contribution in [-0.2, 0) is 21.2 Å². The Bertz CT molecular complexity index is 1370. The van der Waals surface area contributed by atoms with Crippen molar-refractivity contribution in [2.45, 2.75) is 42.5 Å². The highest BCUT2D eigenvalue weighted by atomic mass is 32.2. The van der Waals surface area contributed by atoms with E-state index in [1.54, 1.807) is 18.5 Å². The van der Waals surface area contributed by atoms with Gasteiger partial charge in [-0.05, 0) is 59.9 Å². The number of rotatable bonds is 9. The second-order valence-electron chi connectivity index (χ2n) is 8.91. The molecule has 8 nitrogen and oxygen atoms in total. The van der Waals surface area contributed by atoms with Gasteiger partial charge in [-0.1, -0.05) is 24.3 Å². The number of hydrogen-bond acceptors (Lipinski definition) is 7. The number of aliphatic hydroxyl groups excluding tert-OH is 1. The summed E-state index contributed by atoms with van der Waals surface area (Å²) in [6.07, 6.45) is -2.62. The maximum absolute atomic E-state index is 12.3. The SMILES string of the molecule is O=C(CC(F)(F)F)NS(=O)(=O)c1ccc(-c2ccc3c(c2)CC[C@H](CNC[C@H](O)c2cccnc2)O3)cc1.